The Balaban J connectivity index is 1.33. The summed E-state index contributed by atoms with van der Waals surface area (Å²) in [5.74, 6) is 0.0964. The Morgan fingerprint density at radius 3 is 2.35 bits per heavy atom. The molecule has 0 saturated carbocycles. The van der Waals surface area contributed by atoms with Crippen molar-refractivity contribution in [3.05, 3.63) is 65.5 Å². The van der Waals surface area contributed by atoms with Crippen LogP contribution in [-0.2, 0) is 11.3 Å². The second-order valence-electron chi connectivity index (χ2n) is 6.77. The Bertz CT molecular complexity index is 1090. The highest BCUT2D eigenvalue weighted by Gasteiger charge is 2.34. The number of carbonyl (C=O) groups is 3. The van der Waals surface area contributed by atoms with Crippen LogP contribution in [0.4, 0.5) is 0 Å². The Labute approximate surface area is 177 Å². The van der Waals surface area contributed by atoms with E-state index >= 15 is 0 Å². The van der Waals surface area contributed by atoms with Gasteiger partial charge in [0, 0.05) is 13.0 Å². The van der Waals surface area contributed by atoms with Gasteiger partial charge >= 0.3 is 0 Å². The number of benzene rings is 2. The molecule has 0 spiro atoms. The maximum Gasteiger partial charge on any atom is 0.261 e. The fourth-order valence-corrected chi connectivity index (χ4v) is 3.29. The normalized spacial score (nSPS) is 12.7. The van der Waals surface area contributed by atoms with Crippen LogP contribution in [0.15, 0.2) is 48.5 Å². The molecule has 4 rings (SSSR count). The number of carbonyl (C=O) groups excluding carboxylic acids is 3. The molecule has 0 atom stereocenters. The third-order valence-electron chi connectivity index (χ3n) is 4.81. The van der Waals surface area contributed by atoms with Crippen LogP contribution >= 0.6 is 0 Å². The SMILES string of the molecule is CCOc1ccc(-n2nnnc2CNC(=O)CCN2C(=O)c3ccccc3C2=O)cc1. The molecule has 0 aliphatic carbocycles. The first kappa shape index (κ1) is 20.2. The fraction of sp³-hybridized carbons (Fsp3) is 0.238. The van der Waals surface area contributed by atoms with Crippen molar-refractivity contribution in [1.82, 2.24) is 30.4 Å². The highest BCUT2D eigenvalue weighted by molar-refractivity contribution is 6.21. The van der Waals surface area contributed by atoms with Crippen molar-refractivity contribution >= 4 is 17.7 Å². The Kier molecular flexibility index (Phi) is 5.69. The minimum atomic E-state index is -0.382. The van der Waals surface area contributed by atoms with Crippen LogP contribution in [0.25, 0.3) is 5.69 Å². The Hall–Kier alpha value is -4.08. The van der Waals surface area contributed by atoms with E-state index in [0.29, 0.717) is 23.6 Å². The molecule has 3 amide bonds. The van der Waals surface area contributed by atoms with Gasteiger partial charge in [0.05, 0.1) is 30.0 Å². The zero-order chi connectivity index (χ0) is 21.8. The minimum absolute atomic E-state index is 0.00200. The second kappa shape index (κ2) is 8.74. The molecule has 10 nitrogen and oxygen atoms in total. The van der Waals surface area contributed by atoms with E-state index in [4.69, 9.17) is 4.74 Å². The Morgan fingerprint density at radius 2 is 1.71 bits per heavy atom. The van der Waals surface area contributed by atoms with Gasteiger partial charge in [0.1, 0.15) is 5.75 Å². The van der Waals surface area contributed by atoms with E-state index in [2.05, 4.69) is 20.8 Å². The number of fused-ring (bicyclic) bond motifs is 1. The van der Waals surface area contributed by atoms with Crippen LogP contribution in [0, 0.1) is 0 Å². The lowest BCUT2D eigenvalue weighted by atomic mass is 10.1. The summed E-state index contributed by atoms with van der Waals surface area (Å²) in [6.07, 6.45) is -0.0178. The van der Waals surface area contributed by atoms with Gasteiger partial charge in [0.25, 0.3) is 11.8 Å². The van der Waals surface area contributed by atoms with Crippen LogP contribution in [0.2, 0.25) is 0 Å². The molecule has 0 unspecified atom stereocenters. The van der Waals surface area contributed by atoms with Gasteiger partial charge in [-0.3, -0.25) is 19.3 Å². The van der Waals surface area contributed by atoms with Crippen molar-refractivity contribution in [2.24, 2.45) is 0 Å². The number of nitrogens with one attached hydrogen (secondary N) is 1. The smallest absolute Gasteiger partial charge is 0.261 e. The number of ether oxygens (including phenoxy) is 1. The summed E-state index contributed by atoms with van der Waals surface area (Å²) in [6, 6.07) is 13.9. The van der Waals surface area contributed by atoms with Crippen LogP contribution < -0.4 is 10.1 Å². The molecule has 1 aliphatic heterocycles. The van der Waals surface area contributed by atoms with Gasteiger partial charge in [-0.2, -0.15) is 4.68 Å². The summed E-state index contributed by atoms with van der Waals surface area (Å²) in [5, 5.41) is 14.3. The summed E-state index contributed by atoms with van der Waals surface area (Å²) in [4.78, 5) is 38.1. The monoisotopic (exact) mass is 420 g/mol. The molecule has 1 aromatic heterocycles. The predicted molar refractivity (Wildman–Crippen MR) is 109 cm³/mol. The molecule has 1 aliphatic rings. The molecule has 2 aromatic carbocycles. The molecule has 0 fully saturated rings. The van der Waals surface area contributed by atoms with Crippen LogP contribution in [0.5, 0.6) is 5.75 Å². The molecule has 158 valence electrons. The number of rotatable bonds is 8. The van der Waals surface area contributed by atoms with Crippen molar-refractivity contribution in [2.75, 3.05) is 13.2 Å². The predicted octanol–water partition coefficient (Wildman–Crippen LogP) is 1.36. The van der Waals surface area contributed by atoms with E-state index in [1.807, 2.05) is 31.2 Å². The summed E-state index contributed by atoms with van der Waals surface area (Å²) < 4.78 is 6.94. The lowest BCUT2D eigenvalue weighted by Gasteiger charge is -2.13. The summed E-state index contributed by atoms with van der Waals surface area (Å²) in [6.45, 7) is 2.58. The first-order valence-electron chi connectivity index (χ1n) is 9.81. The number of hydrogen-bond donors (Lipinski definition) is 1. The number of aromatic nitrogens is 4. The molecule has 10 heteroatoms. The van der Waals surface area contributed by atoms with E-state index in [-0.39, 0.29) is 37.2 Å². The lowest BCUT2D eigenvalue weighted by molar-refractivity contribution is -0.121. The van der Waals surface area contributed by atoms with Crippen molar-refractivity contribution < 1.29 is 19.1 Å². The first-order valence-corrected chi connectivity index (χ1v) is 9.81. The largest absolute Gasteiger partial charge is 0.494 e. The van der Waals surface area contributed by atoms with E-state index in [0.717, 1.165) is 16.3 Å². The van der Waals surface area contributed by atoms with Crippen LogP contribution in [-0.4, -0.2) is 56.0 Å². The van der Waals surface area contributed by atoms with E-state index in [9.17, 15) is 14.4 Å². The minimum Gasteiger partial charge on any atom is -0.494 e. The van der Waals surface area contributed by atoms with E-state index in [1.165, 1.54) is 4.68 Å². The van der Waals surface area contributed by atoms with Gasteiger partial charge in [-0.1, -0.05) is 12.1 Å². The third kappa shape index (κ3) is 4.13. The van der Waals surface area contributed by atoms with Gasteiger partial charge in [-0.25, -0.2) is 0 Å². The number of amides is 3. The standard InChI is InChI=1S/C21H20N6O4/c1-2-31-15-9-7-14(8-10-15)27-18(23-24-25-27)13-22-19(28)11-12-26-20(29)16-5-3-4-6-17(16)21(26)30/h3-10H,2,11-13H2,1H3,(H,22,28). The molecule has 2 heterocycles. The van der Waals surface area contributed by atoms with Gasteiger partial charge in [-0.05, 0) is 53.7 Å². The molecule has 3 aromatic rings. The van der Waals surface area contributed by atoms with Gasteiger partial charge in [-0.15, -0.1) is 5.10 Å². The van der Waals surface area contributed by atoms with E-state index in [1.54, 1.807) is 24.3 Å². The number of imide groups is 1. The molecule has 31 heavy (non-hydrogen) atoms. The first-order chi connectivity index (χ1) is 15.1. The summed E-state index contributed by atoms with van der Waals surface area (Å²) >= 11 is 0. The summed E-state index contributed by atoms with van der Waals surface area (Å²) in [5.41, 5.74) is 1.45. The molecular weight excluding hydrogens is 400 g/mol. The quantitative estimate of drug-likeness (QED) is 0.547. The molecular formula is C21H20N6O4. The highest BCUT2D eigenvalue weighted by Crippen LogP contribution is 2.22. The van der Waals surface area contributed by atoms with Crippen LogP contribution in [0.1, 0.15) is 39.9 Å². The second-order valence-corrected chi connectivity index (χ2v) is 6.77. The molecule has 0 saturated heterocycles. The average molecular weight is 420 g/mol. The van der Waals surface area contributed by atoms with Crippen molar-refractivity contribution in [3.8, 4) is 11.4 Å². The van der Waals surface area contributed by atoms with Crippen molar-refractivity contribution in [2.45, 2.75) is 19.9 Å². The zero-order valence-electron chi connectivity index (χ0n) is 16.8. The highest BCUT2D eigenvalue weighted by atomic mass is 16.5. The molecule has 0 radical (unpaired) electrons. The maximum absolute atomic E-state index is 12.4. The van der Waals surface area contributed by atoms with Crippen LogP contribution in [0.3, 0.4) is 0 Å². The number of nitrogens with zero attached hydrogens (tertiary/aromatic N) is 5. The van der Waals surface area contributed by atoms with Crippen molar-refractivity contribution in [3.63, 3.8) is 0 Å². The fourth-order valence-electron chi connectivity index (χ4n) is 3.29. The third-order valence-corrected chi connectivity index (χ3v) is 4.81. The molecule has 1 N–H and O–H groups in total. The van der Waals surface area contributed by atoms with Gasteiger partial charge in [0.2, 0.25) is 5.91 Å². The number of tetrazole rings is 1. The number of hydrogen-bond acceptors (Lipinski definition) is 7. The topological polar surface area (TPSA) is 119 Å². The maximum atomic E-state index is 12.4. The Morgan fingerprint density at radius 1 is 1.03 bits per heavy atom. The molecule has 0 bridgehead atoms. The van der Waals surface area contributed by atoms with Gasteiger partial charge in [0.15, 0.2) is 5.82 Å². The van der Waals surface area contributed by atoms with E-state index < -0.39 is 0 Å². The average Bonchev–Trinajstić information content (AvgIpc) is 3.35. The van der Waals surface area contributed by atoms with Crippen molar-refractivity contribution in [1.29, 1.82) is 0 Å². The summed E-state index contributed by atoms with van der Waals surface area (Å²) in [7, 11) is 0. The lowest BCUT2D eigenvalue weighted by Crippen LogP contribution is -2.34. The zero-order valence-corrected chi connectivity index (χ0v) is 16.8. The van der Waals surface area contributed by atoms with Gasteiger partial charge < -0.3 is 10.1 Å².